The van der Waals surface area contributed by atoms with Crippen molar-refractivity contribution in [2.75, 3.05) is 6.61 Å². The number of hydrogen-bond donors (Lipinski definition) is 2. The van der Waals surface area contributed by atoms with E-state index in [0.717, 1.165) is 30.7 Å². The molecular formula is C19H18ClF3N2O5S. The van der Waals surface area contributed by atoms with Crippen molar-refractivity contribution in [3.05, 3.63) is 64.7 Å². The second kappa shape index (κ2) is 10.1. The van der Waals surface area contributed by atoms with Gasteiger partial charge in [-0.15, -0.1) is 0 Å². The van der Waals surface area contributed by atoms with E-state index in [0.29, 0.717) is 11.1 Å². The monoisotopic (exact) mass is 478 g/mol. The molecule has 0 aliphatic carbocycles. The van der Waals surface area contributed by atoms with Gasteiger partial charge in [0.25, 0.3) is 5.91 Å². The Balaban J connectivity index is 1.88. The molecule has 0 aliphatic rings. The summed E-state index contributed by atoms with van der Waals surface area (Å²) < 4.78 is 69.6. The fourth-order valence-corrected chi connectivity index (χ4v) is 3.67. The van der Waals surface area contributed by atoms with Gasteiger partial charge in [0.15, 0.2) is 6.61 Å². The van der Waals surface area contributed by atoms with Crippen LogP contribution >= 0.6 is 11.6 Å². The van der Waals surface area contributed by atoms with Crippen LogP contribution in [0.5, 0.6) is 0 Å². The Hall–Kier alpha value is -2.63. The highest BCUT2D eigenvalue weighted by Crippen LogP contribution is 2.30. The molecule has 7 nitrogen and oxygen atoms in total. The van der Waals surface area contributed by atoms with Gasteiger partial charge >= 0.3 is 12.1 Å². The van der Waals surface area contributed by atoms with Crippen LogP contribution in [0.4, 0.5) is 13.2 Å². The number of halogens is 4. The highest BCUT2D eigenvalue weighted by Gasteiger charge is 2.32. The van der Waals surface area contributed by atoms with Crippen LogP contribution in [-0.4, -0.2) is 32.9 Å². The second-order valence-electron chi connectivity index (χ2n) is 6.38. The van der Waals surface area contributed by atoms with Crippen LogP contribution < -0.4 is 10.0 Å². The van der Waals surface area contributed by atoms with Crippen molar-refractivity contribution in [2.24, 2.45) is 0 Å². The van der Waals surface area contributed by atoms with E-state index in [9.17, 15) is 31.2 Å². The molecule has 2 aromatic carbocycles. The van der Waals surface area contributed by atoms with Gasteiger partial charge in [0.1, 0.15) is 6.04 Å². The molecule has 2 N–H and O–H groups in total. The third kappa shape index (κ3) is 7.53. The topological polar surface area (TPSA) is 102 Å². The van der Waals surface area contributed by atoms with Gasteiger partial charge in [-0.3, -0.25) is 9.59 Å². The first-order valence-corrected chi connectivity index (χ1v) is 10.6. The number of esters is 1. The molecule has 168 valence electrons. The minimum absolute atomic E-state index is 0.158. The van der Waals surface area contributed by atoms with Crippen molar-refractivity contribution in [1.29, 1.82) is 0 Å². The van der Waals surface area contributed by atoms with Gasteiger partial charge in [0.2, 0.25) is 10.0 Å². The number of rotatable bonds is 8. The van der Waals surface area contributed by atoms with Crippen LogP contribution in [-0.2, 0) is 37.1 Å². The van der Waals surface area contributed by atoms with E-state index in [4.69, 9.17) is 16.3 Å². The predicted molar refractivity (Wildman–Crippen MR) is 105 cm³/mol. The molecule has 0 aliphatic heterocycles. The van der Waals surface area contributed by atoms with Crippen molar-refractivity contribution >= 4 is 33.5 Å². The molecule has 0 radical (unpaired) electrons. The van der Waals surface area contributed by atoms with Gasteiger partial charge in [-0.2, -0.15) is 17.9 Å². The molecule has 0 fully saturated rings. The molecule has 1 atom stereocenters. The molecule has 0 saturated carbocycles. The number of sulfonamides is 1. The van der Waals surface area contributed by atoms with Crippen LogP contribution in [0.25, 0.3) is 0 Å². The average Bonchev–Trinajstić information content (AvgIpc) is 2.70. The smallest absolute Gasteiger partial charge is 0.416 e. The summed E-state index contributed by atoms with van der Waals surface area (Å²) in [4.78, 5) is 23.1. The lowest BCUT2D eigenvalue weighted by molar-refractivity contribution is -0.149. The quantitative estimate of drug-likeness (QED) is 0.568. The lowest BCUT2D eigenvalue weighted by atomic mass is 10.2. The van der Waals surface area contributed by atoms with Crippen LogP contribution in [0.15, 0.2) is 53.4 Å². The van der Waals surface area contributed by atoms with Crippen molar-refractivity contribution in [3.63, 3.8) is 0 Å². The zero-order chi connectivity index (χ0) is 23.2. The Morgan fingerprint density at radius 2 is 1.77 bits per heavy atom. The first-order chi connectivity index (χ1) is 14.4. The molecule has 2 rings (SSSR count). The SMILES string of the molecule is CC(NS(=O)(=O)c1cccc(C(F)(F)F)c1)C(=O)OCC(=O)NCc1ccc(Cl)cc1. The molecular weight excluding hydrogens is 461 g/mol. The van der Waals surface area contributed by atoms with Crippen LogP contribution in [0, 0.1) is 0 Å². The lowest BCUT2D eigenvalue weighted by Crippen LogP contribution is -2.40. The van der Waals surface area contributed by atoms with Crippen molar-refractivity contribution in [1.82, 2.24) is 10.0 Å². The van der Waals surface area contributed by atoms with Gasteiger partial charge in [0, 0.05) is 11.6 Å². The number of amides is 1. The molecule has 1 amide bonds. The van der Waals surface area contributed by atoms with Crippen LogP contribution in [0.3, 0.4) is 0 Å². The van der Waals surface area contributed by atoms with E-state index in [2.05, 4.69) is 5.32 Å². The minimum Gasteiger partial charge on any atom is -0.454 e. The minimum atomic E-state index is -4.73. The zero-order valence-corrected chi connectivity index (χ0v) is 17.6. The summed E-state index contributed by atoms with van der Waals surface area (Å²) in [6, 6.07) is 8.29. The number of ether oxygens (including phenoxy) is 1. The van der Waals surface area contributed by atoms with Gasteiger partial charge in [-0.05, 0) is 42.8 Å². The van der Waals surface area contributed by atoms with Gasteiger partial charge in [-0.25, -0.2) is 8.42 Å². The lowest BCUT2D eigenvalue weighted by Gasteiger charge is -2.15. The molecule has 0 heterocycles. The molecule has 1 unspecified atom stereocenters. The fourth-order valence-electron chi connectivity index (χ4n) is 2.30. The van der Waals surface area contributed by atoms with E-state index in [1.807, 2.05) is 4.72 Å². The third-order valence-electron chi connectivity index (χ3n) is 3.91. The van der Waals surface area contributed by atoms with E-state index < -0.39 is 51.2 Å². The van der Waals surface area contributed by atoms with Crippen molar-refractivity contribution in [3.8, 4) is 0 Å². The first kappa shape index (κ1) is 24.6. The number of carbonyl (C=O) groups excluding carboxylic acids is 2. The van der Waals surface area contributed by atoms with Crippen LogP contribution in [0.1, 0.15) is 18.1 Å². The van der Waals surface area contributed by atoms with Crippen LogP contribution in [0.2, 0.25) is 5.02 Å². The Morgan fingerprint density at radius 3 is 2.39 bits per heavy atom. The largest absolute Gasteiger partial charge is 0.454 e. The first-order valence-electron chi connectivity index (χ1n) is 8.76. The Kier molecular flexibility index (Phi) is 8.04. The number of hydrogen-bond acceptors (Lipinski definition) is 5. The normalized spacial score (nSPS) is 12.8. The van der Waals surface area contributed by atoms with Crippen molar-refractivity contribution in [2.45, 2.75) is 30.6 Å². The van der Waals surface area contributed by atoms with E-state index >= 15 is 0 Å². The number of carbonyl (C=O) groups is 2. The van der Waals surface area contributed by atoms with E-state index in [1.165, 1.54) is 0 Å². The summed E-state index contributed by atoms with van der Waals surface area (Å²) in [5.41, 5.74) is -0.394. The Labute approximate surface area is 181 Å². The second-order valence-corrected chi connectivity index (χ2v) is 8.53. The molecule has 0 spiro atoms. The van der Waals surface area contributed by atoms with Gasteiger partial charge in [-0.1, -0.05) is 29.8 Å². The highest BCUT2D eigenvalue weighted by molar-refractivity contribution is 7.89. The molecule has 2 aromatic rings. The zero-order valence-electron chi connectivity index (χ0n) is 16.1. The maximum absolute atomic E-state index is 12.8. The Bertz CT molecular complexity index is 1040. The maximum Gasteiger partial charge on any atom is 0.416 e. The summed E-state index contributed by atoms with van der Waals surface area (Å²) in [6.45, 7) is 0.631. The molecule has 0 bridgehead atoms. The van der Waals surface area contributed by atoms with Gasteiger partial charge in [0.05, 0.1) is 10.5 Å². The summed E-state index contributed by atoms with van der Waals surface area (Å²) in [7, 11) is -4.44. The summed E-state index contributed by atoms with van der Waals surface area (Å²) in [5, 5.41) is 3.04. The molecule has 31 heavy (non-hydrogen) atoms. The maximum atomic E-state index is 12.8. The molecule has 12 heteroatoms. The average molecular weight is 479 g/mol. The summed E-state index contributed by atoms with van der Waals surface area (Å²) in [5.74, 6) is -1.70. The van der Waals surface area contributed by atoms with E-state index in [1.54, 1.807) is 24.3 Å². The van der Waals surface area contributed by atoms with Gasteiger partial charge < -0.3 is 10.1 Å². The highest BCUT2D eigenvalue weighted by atomic mass is 35.5. The number of benzene rings is 2. The van der Waals surface area contributed by atoms with Crippen molar-refractivity contribution < 1.29 is 35.9 Å². The summed E-state index contributed by atoms with van der Waals surface area (Å²) >= 11 is 5.76. The molecule has 0 aromatic heterocycles. The summed E-state index contributed by atoms with van der Waals surface area (Å²) in [6.07, 6.45) is -4.73. The third-order valence-corrected chi connectivity index (χ3v) is 5.70. The predicted octanol–water partition coefficient (Wildman–Crippen LogP) is 2.89. The molecule has 0 saturated heterocycles. The number of alkyl halides is 3. The standard InChI is InChI=1S/C19H18ClF3N2O5S/c1-12(25-31(28,29)16-4-2-3-14(9-16)19(21,22)23)18(27)30-11-17(26)24-10-13-5-7-15(20)8-6-13/h2-9,12,25H,10-11H2,1H3,(H,24,26). The number of nitrogens with one attached hydrogen (secondary N) is 2. The van der Waals surface area contributed by atoms with E-state index in [-0.39, 0.29) is 6.54 Å². The fraction of sp³-hybridized carbons (Fsp3) is 0.263. The Morgan fingerprint density at radius 1 is 1.13 bits per heavy atom.